The number of esters is 1. The lowest BCUT2D eigenvalue weighted by Crippen LogP contribution is -2.52. The van der Waals surface area contributed by atoms with E-state index in [2.05, 4.69) is 0 Å². The molecule has 2 aliphatic rings. The van der Waals surface area contributed by atoms with Gasteiger partial charge in [0.1, 0.15) is 0 Å². The van der Waals surface area contributed by atoms with Crippen LogP contribution in [0.25, 0.3) is 16.7 Å². The number of halogens is 1. The quantitative estimate of drug-likeness (QED) is 0.595. The normalized spacial score (nSPS) is 21.2. The standard InChI is InChI=1S/C24H25ClN2O6S/c1-14-9-18(15-5-3-6-16(10-15)34(2,31)32)19(25)11-17(14)21-22(26)24(33-23(21)30)7-4-8-27(13-24)12-20(28)29/h3,5-6,9-11H,4,7-8,12-13,26H2,1-2H3,(H,28,29). The Morgan fingerprint density at radius 1 is 1.26 bits per heavy atom. The van der Waals surface area contributed by atoms with Crippen LogP contribution in [0.15, 0.2) is 47.0 Å². The van der Waals surface area contributed by atoms with Crippen LogP contribution < -0.4 is 5.73 Å². The summed E-state index contributed by atoms with van der Waals surface area (Å²) >= 11 is 6.60. The van der Waals surface area contributed by atoms with Crippen LogP contribution in [0.1, 0.15) is 24.0 Å². The third-order valence-corrected chi connectivity index (χ3v) is 7.72. The van der Waals surface area contributed by atoms with Crippen LogP contribution in [-0.4, -0.2) is 61.9 Å². The summed E-state index contributed by atoms with van der Waals surface area (Å²) in [6, 6.07) is 9.91. The molecule has 3 N–H and O–H groups in total. The molecule has 0 bridgehead atoms. The number of carboxylic acid groups (broad SMARTS) is 1. The Bertz CT molecular complexity index is 1340. The van der Waals surface area contributed by atoms with Crippen molar-refractivity contribution in [2.75, 3.05) is 25.9 Å². The van der Waals surface area contributed by atoms with Crippen molar-refractivity contribution in [3.8, 4) is 11.1 Å². The van der Waals surface area contributed by atoms with Crippen molar-refractivity contribution >= 4 is 38.9 Å². The highest BCUT2D eigenvalue weighted by atomic mass is 35.5. The van der Waals surface area contributed by atoms with E-state index in [9.17, 15) is 18.0 Å². The molecule has 8 nitrogen and oxygen atoms in total. The monoisotopic (exact) mass is 504 g/mol. The summed E-state index contributed by atoms with van der Waals surface area (Å²) in [7, 11) is -3.39. The molecule has 2 heterocycles. The Labute approximate surface area is 202 Å². The van der Waals surface area contributed by atoms with Crippen molar-refractivity contribution in [3.63, 3.8) is 0 Å². The summed E-state index contributed by atoms with van der Waals surface area (Å²) < 4.78 is 29.7. The third kappa shape index (κ3) is 4.43. The zero-order chi connectivity index (χ0) is 24.8. The van der Waals surface area contributed by atoms with E-state index in [0.29, 0.717) is 46.7 Å². The van der Waals surface area contributed by atoms with Gasteiger partial charge in [0.25, 0.3) is 0 Å². The fraction of sp³-hybridized carbons (Fsp3) is 0.333. The number of carbonyl (C=O) groups excluding carboxylic acids is 1. The highest BCUT2D eigenvalue weighted by Gasteiger charge is 2.49. The molecule has 1 unspecified atom stereocenters. The fourth-order valence-corrected chi connectivity index (χ4v) is 5.62. The molecule has 0 aromatic heterocycles. The number of piperidine rings is 1. The Hall–Kier alpha value is -2.88. The van der Waals surface area contributed by atoms with Crippen LogP contribution in [0.2, 0.25) is 5.02 Å². The maximum Gasteiger partial charge on any atom is 0.341 e. The lowest BCUT2D eigenvalue weighted by atomic mass is 9.86. The Morgan fingerprint density at radius 3 is 2.68 bits per heavy atom. The highest BCUT2D eigenvalue weighted by molar-refractivity contribution is 7.90. The van der Waals surface area contributed by atoms with Crippen molar-refractivity contribution in [3.05, 3.63) is 58.2 Å². The molecule has 0 saturated carbocycles. The van der Waals surface area contributed by atoms with Gasteiger partial charge in [-0.3, -0.25) is 9.69 Å². The van der Waals surface area contributed by atoms with Gasteiger partial charge in [0.05, 0.1) is 22.7 Å². The highest BCUT2D eigenvalue weighted by Crippen LogP contribution is 2.43. The second kappa shape index (κ2) is 8.72. The Balaban J connectivity index is 1.75. The second-order valence-corrected chi connectivity index (χ2v) is 11.3. The van der Waals surface area contributed by atoms with Gasteiger partial charge in [-0.15, -0.1) is 0 Å². The fourth-order valence-electron chi connectivity index (χ4n) is 4.68. The minimum atomic E-state index is -3.39. The zero-order valence-electron chi connectivity index (χ0n) is 18.8. The molecule has 180 valence electrons. The van der Waals surface area contributed by atoms with E-state index < -0.39 is 27.4 Å². The van der Waals surface area contributed by atoms with Crippen LogP contribution in [-0.2, 0) is 24.2 Å². The van der Waals surface area contributed by atoms with Crippen molar-refractivity contribution < 1.29 is 27.9 Å². The van der Waals surface area contributed by atoms with E-state index in [1.807, 2.05) is 6.92 Å². The zero-order valence-corrected chi connectivity index (χ0v) is 20.4. The number of carboxylic acids is 1. The molecule has 1 atom stereocenters. The van der Waals surface area contributed by atoms with E-state index in [-0.39, 0.29) is 29.3 Å². The van der Waals surface area contributed by atoms with Crippen molar-refractivity contribution in [2.45, 2.75) is 30.3 Å². The first-order chi connectivity index (χ1) is 15.9. The van der Waals surface area contributed by atoms with Gasteiger partial charge in [0, 0.05) is 23.4 Å². The number of likely N-dealkylation sites (tertiary alicyclic amines) is 1. The van der Waals surface area contributed by atoms with Crippen LogP contribution >= 0.6 is 11.6 Å². The first-order valence-electron chi connectivity index (χ1n) is 10.7. The number of sulfone groups is 1. The van der Waals surface area contributed by atoms with E-state index in [0.717, 1.165) is 6.26 Å². The summed E-state index contributed by atoms with van der Waals surface area (Å²) in [6.07, 6.45) is 2.29. The number of carbonyl (C=O) groups is 2. The third-order valence-electron chi connectivity index (χ3n) is 6.30. The predicted octanol–water partition coefficient (Wildman–Crippen LogP) is 2.86. The number of aryl methyl sites for hydroxylation is 1. The van der Waals surface area contributed by atoms with Gasteiger partial charge in [-0.1, -0.05) is 23.7 Å². The van der Waals surface area contributed by atoms with Gasteiger partial charge in [-0.05, 0) is 67.3 Å². The van der Waals surface area contributed by atoms with Crippen LogP contribution in [0.4, 0.5) is 0 Å². The van der Waals surface area contributed by atoms with Gasteiger partial charge in [0.2, 0.25) is 0 Å². The molecule has 1 fully saturated rings. The lowest BCUT2D eigenvalue weighted by molar-refractivity contribution is -0.150. The first kappa shape index (κ1) is 24.3. The predicted molar refractivity (Wildman–Crippen MR) is 128 cm³/mol. The van der Waals surface area contributed by atoms with Crippen molar-refractivity contribution in [1.82, 2.24) is 4.90 Å². The van der Waals surface area contributed by atoms with Gasteiger partial charge in [-0.25, -0.2) is 13.2 Å². The van der Waals surface area contributed by atoms with E-state index in [1.54, 1.807) is 35.2 Å². The number of nitrogens with two attached hydrogens (primary N) is 1. The Morgan fingerprint density at radius 2 is 2.00 bits per heavy atom. The van der Waals surface area contributed by atoms with Crippen LogP contribution in [0.3, 0.4) is 0 Å². The summed E-state index contributed by atoms with van der Waals surface area (Å²) in [5, 5.41) is 9.48. The molecular formula is C24H25ClN2O6S. The summed E-state index contributed by atoms with van der Waals surface area (Å²) in [5.74, 6) is -1.53. The average Bonchev–Trinajstić information content (AvgIpc) is 2.97. The molecule has 0 radical (unpaired) electrons. The molecule has 10 heteroatoms. The second-order valence-electron chi connectivity index (χ2n) is 8.83. The number of nitrogens with zero attached hydrogens (tertiary/aromatic N) is 1. The van der Waals surface area contributed by atoms with Gasteiger partial charge in [-0.2, -0.15) is 0 Å². The smallest absolute Gasteiger partial charge is 0.341 e. The number of rotatable bonds is 5. The van der Waals surface area contributed by atoms with Crippen LogP contribution in [0.5, 0.6) is 0 Å². The van der Waals surface area contributed by atoms with Crippen LogP contribution in [0, 0.1) is 6.92 Å². The van der Waals surface area contributed by atoms with E-state index >= 15 is 0 Å². The van der Waals surface area contributed by atoms with Gasteiger partial charge < -0.3 is 15.6 Å². The number of aliphatic carboxylic acids is 1. The largest absolute Gasteiger partial charge is 0.480 e. The first-order valence-corrected chi connectivity index (χ1v) is 13.0. The molecular weight excluding hydrogens is 480 g/mol. The molecule has 0 amide bonds. The number of hydrogen-bond acceptors (Lipinski definition) is 7. The SMILES string of the molecule is Cc1cc(-c2cccc(S(C)(=O)=O)c2)c(Cl)cc1C1=C(N)C2(CCCN(CC(=O)O)C2)OC1=O. The molecule has 2 aromatic rings. The van der Waals surface area contributed by atoms with E-state index in [4.69, 9.17) is 27.2 Å². The Kier molecular flexibility index (Phi) is 6.22. The maximum absolute atomic E-state index is 13.0. The molecule has 2 aromatic carbocycles. The van der Waals surface area contributed by atoms with Crippen molar-refractivity contribution in [1.29, 1.82) is 0 Å². The maximum atomic E-state index is 13.0. The summed E-state index contributed by atoms with van der Waals surface area (Å²) in [4.78, 5) is 26.0. The summed E-state index contributed by atoms with van der Waals surface area (Å²) in [6.45, 7) is 2.45. The number of ether oxygens (including phenoxy) is 1. The average molecular weight is 505 g/mol. The molecule has 1 spiro atoms. The van der Waals surface area contributed by atoms with Crippen molar-refractivity contribution in [2.24, 2.45) is 5.73 Å². The minimum absolute atomic E-state index is 0.159. The number of hydrogen-bond donors (Lipinski definition) is 2. The lowest BCUT2D eigenvalue weighted by Gasteiger charge is -2.39. The molecule has 1 saturated heterocycles. The molecule has 34 heavy (non-hydrogen) atoms. The van der Waals surface area contributed by atoms with E-state index in [1.165, 1.54) is 6.07 Å². The molecule has 0 aliphatic carbocycles. The number of benzene rings is 2. The van der Waals surface area contributed by atoms with Gasteiger partial charge >= 0.3 is 11.9 Å². The van der Waals surface area contributed by atoms with Gasteiger partial charge in [0.15, 0.2) is 15.4 Å². The molecule has 2 aliphatic heterocycles. The minimum Gasteiger partial charge on any atom is -0.480 e. The summed E-state index contributed by atoms with van der Waals surface area (Å²) in [5.41, 5.74) is 8.43. The molecule has 4 rings (SSSR count). The topological polar surface area (TPSA) is 127 Å².